The average molecular weight is 378 g/mol. The van der Waals surface area contributed by atoms with Crippen LogP contribution in [0.5, 0.6) is 0 Å². The van der Waals surface area contributed by atoms with Gasteiger partial charge in [0.15, 0.2) is 0 Å². The SMILES string of the molecule is C[C@](N)(Cc1ccccc1)C(=O)N1CCc2[nH]nc(-c3cccc(F)c3)c2C1. The highest BCUT2D eigenvalue weighted by Crippen LogP contribution is 2.29. The minimum atomic E-state index is -0.998. The molecule has 0 bridgehead atoms. The summed E-state index contributed by atoms with van der Waals surface area (Å²) in [5.41, 5.74) is 9.77. The smallest absolute Gasteiger partial charge is 0.243 e. The van der Waals surface area contributed by atoms with Crippen molar-refractivity contribution in [2.75, 3.05) is 6.54 Å². The molecule has 4 rings (SSSR count). The van der Waals surface area contributed by atoms with Gasteiger partial charge in [-0.05, 0) is 31.0 Å². The largest absolute Gasteiger partial charge is 0.336 e. The third kappa shape index (κ3) is 3.55. The molecule has 1 aliphatic heterocycles. The highest BCUT2D eigenvalue weighted by molar-refractivity contribution is 5.86. The minimum absolute atomic E-state index is 0.0894. The van der Waals surface area contributed by atoms with E-state index in [1.807, 2.05) is 36.4 Å². The highest BCUT2D eigenvalue weighted by atomic mass is 19.1. The number of hydrogen-bond donors (Lipinski definition) is 2. The first-order chi connectivity index (χ1) is 13.4. The lowest BCUT2D eigenvalue weighted by atomic mass is 9.91. The number of hydrogen-bond acceptors (Lipinski definition) is 3. The number of aromatic amines is 1. The highest BCUT2D eigenvalue weighted by Gasteiger charge is 2.35. The summed E-state index contributed by atoms with van der Waals surface area (Å²) < 4.78 is 13.6. The third-order valence-corrected chi connectivity index (χ3v) is 5.22. The number of rotatable bonds is 4. The molecule has 1 aliphatic rings. The first-order valence-electron chi connectivity index (χ1n) is 9.38. The number of aromatic nitrogens is 2. The molecular weight excluding hydrogens is 355 g/mol. The zero-order chi connectivity index (χ0) is 19.7. The number of nitrogens with two attached hydrogens (primary N) is 1. The van der Waals surface area contributed by atoms with E-state index in [4.69, 9.17) is 5.73 Å². The Balaban J connectivity index is 1.56. The molecule has 28 heavy (non-hydrogen) atoms. The molecule has 6 heteroatoms. The van der Waals surface area contributed by atoms with Crippen molar-refractivity contribution in [3.8, 4) is 11.3 Å². The Kier molecular flexibility index (Phi) is 4.73. The summed E-state index contributed by atoms with van der Waals surface area (Å²) in [4.78, 5) is 14.9. The zero-order valence-electron chi connectivity index (χ0n) is 15.8. The van der Waals surface area contributed by atoms with E-state index in [0.29, 0.717) is 37.2 Å². The summed E-state index contributed by atoms with van der Waals surface area (Å²) in [6.07, 6.45) is 1.14. The molecule has 0 radical (unpaired) electrons. The molecule has 5 nitrogen and oxygen atoms in total. The van der Waals surface area contributed by atoms with Crippen molar-refractivity contribution in [2.45, 2.75) is 31.8 Å². The van der Waals surface area contributed by atoms with Gasteiger partial charge in [0.1, 0.15) is 5.82 Å². The number of nitrogens with zero attached hydrogens (tertiary/aromatic N) is 2. The maximum atomic E-state index is 13.6. The molecule has 0 saturated carbocycles. The fourth-order valence-electron chi connectivity index (χ4n) is 3.80. The van der Waals surface area contributed by atoms with Crippen molar-refractivity contribution in [1.82, 2.24) is 15.1 Å². The molecular formula is C22H23FN4O. The van der Waals surface area contributed by atoms with Crippen LogP contribution in [0.25, 0.3) is 11.3 Å². The first-order valence-corrected chi connectivity index (χ1v) is 9.38. The van der Waals surface area contributed by atoms with Crippen LogP contribution in [0.15, 0.2) is 54.6 Å². The Bertz CT molecular complexity index is 997. The Morgan fingerprint density at radius 2 is 2.04 bits per heavy atom. The molecule has 2 heterocycles. The third-order valence-electron chi connectivity index (χ3n) is 5.22. The van der Waals surface area contributed by atoms with E-state index in [9.17, 15) is 9.18 Å². The number of amides is 1. The van der Waals surface area contributed by atoms with Gasteiger partial charge in [-0.15, -0.1) is 0 Å². The van der Waals surface area contributed by atoms with Gasteiger partial charge in [0.25, 0.3) is 0 Å². The molecule has 1 amide bonds. The van der Waals surface area contributed by atoms with Gasteiger partial charge in [0.2, 0.25) is 5.91 Å². The normalized spacial score (nSPS) is 15.8. The van der Waals surface area contributed by atoms with Gasteiger partial charge in [-0.2, -0.15) is 5.10 Å². The number of H-pyrrole nitrogens is 1. The molecule has 0 unspecified atom stereocenters. The summed E-state index contributed by atoms with van der Waals surface area (Å²) in [5, 5.41) is 7.41. The Hall–Kier alpha value is -2.99. The van der Waals surface area contributed by atoms with Crippen LogP contribution in [0, 0.1) is 5.82 Å². The Labute approximate surface area is 163 Å². The van der Waals surface area contributed by atoms with E-state index in [2.05, 4.69) is 10.2 Å². The number of carbonyl (C=O) groups excluding carboxylic acids is 1. The summed E-state index contributed by atoms with van der Waals surface area (Å²) in [7, 11) is 0. The molecule has 144 valence electrons. The summed E-state index contributed by atoms with van der Waals surface area (Å²) in [6, 6.07) is 16.1. The average Bonchev–Trinajstić information content (AvgIpc) is 3.11. The zero-order valence-corrected chi connectivity index (χ0v) is 15.8. The standard InChI is InChI=1S/C22H23FN4O/c1-22(24,13-15-6-3-2-4-7-15)21(28)27-11-10-19-18(14-27)20(26-25-19)16-8-5-9-17(23)12-16/h2-9,12H,10-11,13-14,24H2,1H3,(H,25,26)/t22-/m0/s1. The van der Waals surface area contributed by atoms with Crippen LogP contribution in [0.1, 0.15) is 23.7 Å². The van der Waals surface area contributed by atoms with Crippen LogP contribution in [0.2, 0.25) is 0 Å². The van der Waals surface area contributed by atoms with E-state index in [1.165, 1.54) is 12.1 Å². The summed E-state index contributed by atoms with van der Waals surface area (Å²) in [6.45, 7) is 2.77. The van der Waals surface area contributed by atoms with E-state index >= 15 is 0 Å². The summed E-state index contributed by atoms with van der Waals surface area (Å²) in [5.74, 6) is -0.399. The van der Waals surface area contributed by atoms with Crippen molar-refractivity contribution in [3.63, 3.8) is 0 Å². The van der Waals surface area contributed by atoms with E-state index in [1.54, 1.807) is 17.9 Å². The molecule has 2 aromatic carbocycles. The van der Waals surface area contributed by atoms with Crippen molar-refractivity contribution in [3.05, 3.63) is 77.2 Å². The van der Waals surface area contributed by atoms with Crippen LogP contribution in [0.3, 0.4) is 0 Å². The lowest BCUT2D eigenvalue weighted by Crippen LogP contribution is -2.55. The lowest BCUT2D eigenvalue weighted by molar-refractivity contribution is -0.137. The van der Waals surface area contributed by atoms with Gasteiger partial charge in [-0.25, -0.2) is 4.39 Å². The molecule has 0 saturated heterocycles. The summed E-state index contributed by atoms with van der Waals surface area (Å²) >= 11 is 0. The van der Waals surface area contributed by atoms with Crippen molar-refractivity contribution >= 4 is 5.91 Å². The maximum absolute atomic E-state index is 13.6. The van der Waals surface area contributed by atoms with Crippen LogP contribution in [-0.2, 0) is 24.2 Å². The van der Waals surface area contributed by atoms with Crippen LogP contribution in [-0.4, -0.2) is 33.1 Å². The molecule has 1 atom stereocenters. The van der Waals surface area contributed by atoms with Gasteiger partial charge in [-0.3, -0.25) is 9.89 Å². The monoisotopic (exact) mass is 378 g/mol. The molecule has 3 N–H and O–H groups in total. The fraction of sp³-hybridized carbons (Fsp3) is 0.273. The molecule has 0 spiro atoms. The van der Waals surface area contributed by atoms with Gasteiger partial charge in [-0.1, -0.05) is 42.5 Å². The number of halogens is 1. The molecule has 0 aliphatic carbocycles. The quantitative estimate of drug-likeness (QED) is 0.733. The van der Waals surface area contributed by atoms with Crippen LogP contribution >= 0.6 is 0 Å². The predicted octanol–water partition coefficient (Wildman–Crippen LogP) is 3.06. The van der Waals surface area contributed by atoms with Crippen molar-refractivity contribution in [1.29, 1.82) is 0 Å². The molecule has 1 aromatic heterocycles. The number of fused-ring (bicyclic) bond motifs is 1. The van der Waals surface area contributed by atoms with Crippen LogP contribution in [0.4, 0.5) is 4.39 Å². The number of benzene rings is 2. The lowest BCUT2D eigenvalue weighted by Gasteiger charge is -2.34. The fourth-order valence-corrected chi connectivity index (χ4v) is 3.80. The molecule has 0 fully saturated rings. The second kappa shape index (κ2) is 7.20. The van der Waals surface area contributed by atoms with Crippen molar-refractivity contribution in [2.24, 2.45) is 5.73 Å². The second-order valence-electron chi connectivity index (χ2n) is 7.60. The van der Waals surface area contributed by atoms with Gasteiger partial charge in [0, 0.05) is 36.3 Å². The van der Waals surface area contributed by atoms with Gasteiger partial charge >= 0.3 is 0 Å². The van der Waals surface area contributed by atoms with Crippen LogP contribution < -0.4 is 5.73 Å². The first kappa shape index (κ1) is 18.4. The van der Waals surface area contributed by atoms with Gasteiger partial charge in [0.05, 0.1) is 11.2 Å². The van der Waals surface area contributed by atoms with E-state index in [0.717, 1.165) is 16.8 Å². The van der Waals surface area contributed by atoms with Crippen molar-refractivity contribution < 1.29 is 9.18 Å². The van der Waals surface area contributed by atoms with E-state index in [-0.39, 0.29) is 11.7 Å². The number of nitrogens with one attached hydrogen (secondary N) is 1. The Morgan fingerprint density at radius 1 is 1.25 bits per heavy atom. The topological polar surface area (TPSA) is 75.0 Å². The predicted molar refractivity (Wildman–Crippen MR) is 106 cm³/mol. The van der Waals surface area contributed by atoms with Gasteiger partial charge < -0.3 is 10.6 Å². The Morgan fingerprint density at radius 3 is 2.79 bits per heavy atom. The molecule has 3 aromatic rings. The minimum Gasteiger partial charge on any atom is -0.336 e. The number of carbonyl (C=O) groups is 1. The second-order valence-corrected chi connectivity index (χ2v) is 7.60. The van der Waals surface area contributed by atoms with E-state index < -0.39 is 5.54 Å². The maximum Gasteiger partial charge on any atom is 0.243 e.